The van der Waals surface area contributed by atoms with Gasteiger partial charge in [-0.15, -0.1) is 0 Å². The Hall–Kier alpha value is -4.30. The number of amides is 4. The number of ether oxygens (including phenoxy) is 3. The van der Waals surface area contributed by atoms with Crippen LogP contribution in [-0.2, 0) is 9.59 Å². The van der Waals surface area contributed by atoms with Gasteiger partial charge in [-0.05, 0) is 61.9 Å². The van der Waals surface area contributed by atoms with E-state index < -0.39 is 17.8 Å². The van der Waals surface area contributed by atoms with Crippen LogP contribution in [0.5, 0.6) is 17.2 Å². The fraction of sp³-hybridized carbons (Fsp3) is 0.179. The van der Waals surface area contributed by atoms with Crippen molar-refractivity contribution in [2.24, 2.45) is 0 Å². The van der Waals surface area contributed by atoms with E-state index in [9.17, 15) is 14.4 Å². The molecule has 37 heavy (non-hydrogen) atoms. The van der Waals surface area contributed by atoms with Crippen molar-refractivity contribution >= 4 is 41.2 Å². The number of hydrogen-bond acceptors (Lipinski definition) is 6. The average molecular weight is 521 g/mol. The molecule has 1 aliphatic rings. The van der Waals surface area contributed by atoms with E-state index >= 15 is 0 Å². The van der Waals surface area contributed by atoms with E-state index in [0.717, 1.165) is 21.8 Å². The zero-order valence-corrected chi connectivity index (χ0v) is 21.3. The molecule has 0 aliphatic carbocycles. The first-order valence-electron chi connectivity index (χ1n) is 11.4. The number of benzene rings is 3. The van der Waals surface area contributed by atoms with Gasteiger partial charge in [-0.2, -0.15) is 0 Å². The minimum absolute atomic E-state index is 0.207. The molecule has 1 aliphatic heterocycles. The third-order valence-corrected chi connectivity index (χ3v) is 5.86. The summed E-state index contributed by atoms with van der Waals surface area (Å²) >= 11 is 6.45. The minimum Gasteiger partial charge on any atom is -0.493 e. The molecule has 1 fully saturated rings. The van der Waals surface area contributed by atoms with Gasteiger partial charge in [0.05, 0.1) is 17.8 Å². The lowest BCUT2D eigenvalue weighted by Gasteiger charge is -2.26. The molecule has 4 rings (SSSR count). The van der Waals surface area contributed by atoms with Gasteiger partial charge in [-0.3, -0.25) is 14.9 Å². The number of barbiturate groups is 1. The van der Waals surface area contributed by atoms with Crippen LogP contribution in [0.4, 0.5) is 10.5 Å². The second-order valence-corrected chi connectivity index (χ2v) is 8.74. The number of anilines is 1. The van der Waals surface area contributed by atoms with Gasteiger partial charge in [0.25, 0.3) is 11.8 Å². The lowest BCUT2D eigenvalue weighted by atomic mass is 10.1. The maximum Gasteiger partial charge on any atom is 0.335 e. The summed E-state index contributed by atoms with van der Waals surface area (Å²) in [6.07, 6.45) is 1.35. The van der Waals surface area contributed by atoms with Crippen LogP contribution in [0.15, 0.2) is 66.2 Å². The molecule has 3 aromatic carbocycles. The van der Waals surface area contributed by atoms with E-state index in [1.807, 2.05) is 38.1 Å². The standard InChI is InChI=1S/C28H25ClN2O6/c1-17-4-8-20(9-5-17)31-27(33)22(26(32)30-28(31)34)14-19-15-23(29)25(24(16-19)35-3)37-13-12-36-21-10-6-18(2)7-11-21/h4-11,14-16H,12-13H2,1-3H3,(H,30,32,34)/b22-14+. The van der Waals surface area contributed by atoms with Gasteiger partial charge in [-0.1, -0.05) is 47.0 Å². The van der Waals surface area contributed by atoms with Crippen LogP contribution in [0.1, 0.15) is 16.7 Å². The molecule has 0 atom stereocenters. The van der Waals surface area contributed by atoms with Gasteiger partial charge in [-0.25, -0.2) is 9.69 Å². The lowest BCUT2D eigenvalue weighted by molar-refractivity contribution is -0.122. The Bertz CT molecular complexity index is 1370. The van der Waals surface area contributed by atoms with Crippen molar-refractivity contribution in [3.05, 3.63) is 87.9 Å². The van der Waals surface area contributed by atoms with Crippen LogP contribution in [0.25, 0.3) is 6.08 Å². The highest BCUT2D eigenvalue weighted by Gasteiger charge is 2.36. The van der Waals surface area contributed by atoms with Crippen LogP contribution in [0.2, 0.25) is 5.02 Å². The molecule has 0 bridgehead atoms. The first-order chi connectivity index (χ1) is 17.8. The summed E-state index contributed by atoms with van der Waals surface area (Å²) in [5.74, 6) is -0.217. The van der Waals surface area contributed by atoms with Gasteiger partial charge < -0.3 is 14.2 Å². The summed E-state index contributed by atoms with van der Waals surface area (Å²) in [5, 5.41) is 2.42. The molecule has 1 N–H and O–H groups in total. The second kappa shape index (κ2) is 11.2. The van der Waals surface area contributed by atoms with E-state index in [2.05, 4.69) is 5.32 Å². The SMILES string of the molecule is COc1cc(/C=C2\C(=O)NC(=O)N(c3ccc(C)cc3)C2=O)cc(Cl)c1OCCOc1ccc(C)cc1. The van der Waals surface area contributed by atoms with Crippen LogP contribution in [-0.4, -0.2) is 38.2 Å². The fourth-order valence-corrected chi connectivity index (χ4v) is 3.93. The van der Waals surface area contributed by atoms with Gasteiger partial charge in [0.1, 0.15) is 24.5 Å². The lowest BCUT2D eigenvalue weighted by Crippen LogP contribution is -2.54. The third kappa shape index (κ3) is 5.92. The maximum absolute atomic E-state index is 13.1. The first kappa shape index (κ1) is 25.8. The number of nitrogens with zero attached hydrogens (tertiary/aromatic N) is 1. The molecule has 0 aromatic heterocycles. The zero-order valence-electron chi connectivity index (χ0n) is 20.5. The number of aryl methyl sites for hydroxylation is 2. The van der Waals surface area contributed by atoms with E-state index in [1.54, 1.807) is 36.4 Å². The molecule has 0 saturated carbocycles. The van der Waals surface area contributed by atoms with E-state index in [1.165, 1.54) is 13.2 Å². The molecule has 3 aromatic rings. The number of carbonyl (C=O) groups excluding carboxylic acids is 3. The predicted molar refractivity (Wildman–Crippen MR) is 140 cm³/mol. The van der Waals surface area contributed by atoms with Crippen molar-refractivity contribution in [2.75, 3.05) is 25.2 Å². The normalized spacial score (nSPS) is 14.5. The van der Waals surface area contributed by atoms with Crippen molar-refractivity contribution in [1.29, 1.82) is 0 Å². The number of hydrogen-bond donors (Lipinski definition) is 1. The molecule has 8 nitrogen and oxygen atoms in total. The van der Waals surface area contributed by atoms with Crippen molar-refractivity contribution in [2.45, 2.75) is 13.8 Å². The summed E-state index contributed by atoms with van der Waals surface area (Å²) in [7, 11) is 1.45. The largest absolute Gasteiger partial charge is 0.493 e. The number of halogens is 1. The second-order valence-electron chi connectivity index (χ2n) is 8.34. The van der Waals surface area contributed by atoms with Gasteiger partial charge in [0.2, 0.25) is 0 Å². The molecule has 1 saturated heterocycles. The van der Waals surface area contributed by atoms with E-state index in [4.69, 9.17) is 25.8 Å². The van der Waals surface area contributed by atoms with Gasteiger partial charge in [0.15, 0.2) is 11.5 Å². The molecule has 0 spiro atoms. The summed E-state index contributed by atoms with van der Waals surface area (Å²) in [4.78, 5) is 39.0. The Labute approximate surface area is 219 Å². The Balaban J connectivity index is 1.52. The molecular weight excluding hydrogens is 496 g/mol. The third-order valence-electron chi connectivity index (χ3n) is 5.58. The molecule has 4 amide bonds. The van der Waals surface area contributed by atoms with Crippen molar-refractivity contribution in [1.82, 2.24) is 5.32 Å². The van der Waals surface area contributed by atoms with Gasteiger partial charge >= 0.3 is 6.03 Å². The topological polar surface area (TPSA) is 94.2 Å². The predicted octanol–water partition coefficient (Wildman–Crippen LogP) is 5.09. The van der Waals surface area contributed by atoms with Crippen LogP contribution in [0.3, 0.4) is 0 Å². The minimum atomic E-state index is -0.816. The van der Waals surface area contributed by atoms with E-state index in [0.29, 0.717) is 22.7 Å². The van der Waals surface area contributed by atoms with Crippen molar-refractivity contribution in [3.63, 3.8) is 0 Å². The number of nitrogens with one attached hydrogen (secondary N) is 1. The fourth-order valence-electron chi connectivity index (χ4n) is 3.65. The molecule has 9 heteroatoms. The zero-order chi connectivity index (χ0) is 26.5. The van der Waals surface area contributed by atoms with Crippen LogP contribution in [0, 0.1) is 13.8 Å². The Morgan fingerprint density at radius 2 is 1.51 bits per heavy atom. The number of imide groups is 2. The molecule has 190 valence electrons. The average Bonchev–Trinajstić information content (AvgIpc) is 2.87. The van der Waals surface area contributed by atoms with Crippen LogP contribution >= 0.6 is 11.6 Å². The molecule has 0 radical (unpaired) electrons. The maximum atomic E-state index is 13.1. The summed E-state index contributed by atoms with van der Waals surface area (Å²) in [5.41, 5.74) is 2.64. The van der Waals surface area contributed by atoms with E-state index in [-0.39, 0.29) is 23.8 Å². The molecule has 0 unspecified atom stereocenters. The number of urea groups is 1. The summed E-state index contributed by atoms with van der Waals surface area (Å²) in [6.45, 7) is 4.38. The number of carbonyl (C=O) groups is 3. The van der Waals surface area contributed by atoms with Crippen molar-refractivity contribution in [3.8, 4) is 17.2 Å². The number of rotatable bonds is 8. The highest BCUT2D eigenvalue weighted by Crippen LogP contribution is 2.37. The smallest absolute Gasteiger partial charge is 0.335 e. The summed E-state index contributed by atoms with van der Waals surface area (Å²) < 4.78 is 16.9. The highest BCUT2D eigenvalue weighted by molar-refractivity contribution is 6.39. The monoisotopic (exact) mass is 520 g/mol. The quantitative estimate of drug-likeness (QED) is 0.252. The Morgan fingerprint density at radius 1 is 0.892 bits per heavy atom. The highest BCUT2D eigenvalue weighted by atomic mass is 35.5. The Kier molecular flexibility index (Phi) is 7.79. The van der Waals surface area contributed by atoms with Crippen LogP contribution < -0.4 is 24.4 Å². The first-order valence-corrected chi connectivity index (χ1v) is 11.8. The van der Waals surface area contributed by atoms with Gasteiger partial charge in [0, 0.05) is 0 Å². The number of methoxy groups -OCH3 is 1. The molecular formula is C28H25ClN2O6. The molecule has 1 heterocycles. The van der Waals surface area contributed by atoms with Crippen molar-refractivity contribution < 1.29 is 28.6 Å². The Morgan fingerprint density at radius 3 is 2.16 bits per heavy atom. The summed E-state index contributed by atoms with van der Waals surface area (Å²) in [6, 6.07) is 16.8.